The molecule has 2 heterocycles. The molecule has 0 radical (unpaired) electrons. The smallest absolute Gasteiger partial charge is 0.252 e. The summed E-state index contributed by atoms with van der Waals surface area (Å²) in [5, 5.41) is 7.29. The summed E-state index contributed by atoms with van der Waals surface area (Å²) in [4.78, 5) is 12.3. The van der Waals surface area contributed by atoms with Crippen LogP contribution in [0.5, 0.6) is 0 Å². The Hall–Kier alpha value is -0.580. The third kappa shape index (κ3) is 2.96. The van der Waals surface area contributed by atoms with Crippen molar-refractivity contribution in [2.75, 3.05) is 0 Å². The van der Waals surface area contributed by atoms with Crippen LogP contribution in [-0.4, -0.2) is 24.0 Å². The molecule has 2 bridgehead atoms. The molecule has 2 unspecified atom stereocenters. The predicted molar refractivity (Wildman–Crippen MR) is 79.6 cm³/mol. The van der Waals surface area contributed by atoms with Gasteiger partial charge in [-0.25, -0.2) is 0 Å². The van der Waals surface area contributed by atoms with Crippen LogP contribution in [0.15, 0.2) is 22.7 Å². The summed E-state index contributed by atoms with van der Waals surface area (Å²) in [5.74, 6) is -0.0410. The first-order valence-electron chi connectivity index (χ1n) is 6.64. The van der Waals surface area contributed by atoms with Gasteiger partial charge in [-0.2, -0.15) is 0 Å². The maximum Gasteiger partial charge on any atom is 0.252 e. The van der Waals surface area contributed by atoms with E-state index in [0.717, 1.165) is 17.3 Å². The highest BCUT2D eigenvalue weighted by molar-refractivity contribution is 9.10. The summed E-state index contributed by atoms with van der Waals surface area (Å²) in [7, 11) is 0. The number of amides is 1. The van der Waals surface area contributed by atoms with Crippen LogP contribution in [0, 0.1) is 0 Å². The van der Waals surface area contributed by atoms with Crippen LogP contribution in [0.25, 0.3) is 0 Å². The second kappa shape index (κ2) is 5.43. The Labute approximate surface area is 126 Å². The first-order chi connectivity index (χ1) is 9.11. The molecule has 3 nitrogen and oxygen atoms in total. The lowest BCUT2D eigenvalue weighted by molar-refractivity contribution is 0.0923. The fourth-order valence-electron chi connectivity index (χ4n) is 3.11. The quantitative estimate of drug-likeness (QED) is 0.866. The van der Waals surface area contributed by atoms with Crippen molar-refractivity contribution in [3.05, 3.63) is 33.3 Å². The van der Waals surface area contributed by atoms with Crippen LogP contribution < -0.4 is 10.6 Å². The summed E-state index contributed by atoms with van der Waals surface area (Å²) in [5.41, 5.74) is 0.610. The molecule has 1 aromatic rings. The molecule has 5 heteroatoms. The van der Waals surface area contributed by atoms with Crippen LogP contribution in [0.1, 0.15) is 36.0 Å². The third-order valence-corrected chi connectivity index (χ3v) is 4.91. The van der Waals surface area contributed by atoms with Crippen molar-refractivity contribution in [1.29, 1.82) is 0 Å². The Morgan fingerprint density at radius 3 is 2.68 bits per heavy atom. The number of fused-ring (bicyclic) bond motifs is 2. The molecule has 2 atom stereocenters. The van der Waals surface area contributed by atoms with Gasteiger partial charge in [0.25, 0.3) is 5.91 Å². The van der Waals surface area contributed by atoms with E-state index in [4.69, 9.17) is 11.6 Å². The van der Waals surface area contributed by atoms with E-state index < -0.39 is 0 Å². The number of carbonyl (C=O) groups is 1. The summed E-state index contributed by atoms with van der Waals surface area (Å²) >= 11 is 9.35. The molecule has 2 fully saturated rings. The first kappa shape index (κ1) is 13.4. The fourth-order valence-corrected chi connectivity index (χ4v) is 3.71. The van der Waals surface area contributed by atoms with E-state index in [1.807, 2.05) is 6.07 Å². The third-order valence-electron chi connectivity index (χ3n) is 3.98. The molecule has 102 valence electrons. The SMILES string of the molecule is O=C(NC1CC2CCC(C1)N2)c1cc(Cl)ccc1Br. The number of rotatable bonds is 2. The minimum absolute atomic E-state index is 0.0410. The molecule has 3 rings (SSSR count). The van der Waals surface area contributed by atoms with Crippen molar-refractivity contribution in [2.24, 2.45) is 0 Å². The molecule has 0 saturated carbocycles. The Morgan fingerprint density at radius 2 is 2.00 bits per heavy atom. The van der Waals surface area contributed by atoms with E-state index in [1.165, 1.54) is 12.8 Å². The predicted octanol–water partition coefficient (Wildman–Crippen LogP) is 3.12. The van der Waals surface area contributed by atoms with Gasteiger partial charge in [0.05, 0.1) is 5.56 Å². The molecule has 1 aromatic carbocycles. The van der Waals surface area contributed by atoms with Gasteiger partial charge in [-0.05, 0) is 59.8 Å². The van der Waals surface area contributed by atoms with Gasteiger partial charge in [0.1, 0.15) is 0 Å². The fraction of sp³-hybridized carbons (Fsp3) is 0.500. The summed E-state index contributed by atoms with van der Waals surface area (Å²) < 4.78 is 0.784. The molecular formula is C14H16BrClN2O. The van der Waals surface area contributed by atoms with Crippen molar-refractivity contribution < 1.29 is 4.79 Å². The van der Waals surface area contributed by atoms with Gasteiger partial charge in [0.15, 0.2) is 0 Å². The lowest BCUT2D eigenvalue weighted by Gasteiger charge is -2.29. The minimum Gasteiger partial charge on any atom is -0.349 e. The number of hydrogen-bond acceptors (Lipinski definition) is 2. The van der Waals surface area contributed by atoms with Gasteiger partial charge in [-0.15, -0.1) is 0 Å². The van der Waals surface area contributed by atoms with Crippen LogP contribution in [0.3, 0.4) is 0 Å². The Morgan fingerprint density at radius 1 is 1.32 bits per heavy atom. The average Bonchev–Trinajstić information content (AvgIpc) is 2.71. The van der Waals surface area contributed by atoms with Crippen molar-refractivity contribution >= 4 is 33.4 Å². The van der Waals surface area contributed by atoms with Crippen LogP contribution in [0.2, 0.25) is 5.02 Å². The Balaban J connectivity index is 1.69. The molecule has 2 saturated heterocycles. The average molecular weight is 344 g/mol. The van der Waals surface area contributed by atoms with Crippen molar-refractivity contribution in [3.63, 3.8) is 0 Å². The maximum absolute atomic E-state index is 12.3. The van der Waals surface area contributed by atoms with E-state index in [2.05, 4.69) is 26.6 Å². The highest BCUT2D eigenvalue weighted by Gasteiger charge is 2.34. The maximum atomic E-state index is 12.3. The molecule has 0 spiro atoms. The molecule has 2 N–H and O–H groups in total. The molecular weight excluding hydrogens is 328 g/mol. The molecule has 2 aliphatic rings. The van der Waals surface area contributed by atoms with Gasteiger partial charge in [0.2, 0.25) is 0 Å². The lowest BCUT2D eigenvalue weighted by Crippen LogP contribution is -2.48. The van der Waals surface area contributed by atoms with E-state index >= 15 is 0 Å². The molecule has 0 aromatic heterocycles. The minimum atomic E-state index is -0.0410. The zero-order chi connectivity index (χ0) is 13.4. The number of carbonyl (C=O) groups excluding carboxylic acids is 1. The highest BCUT2D eigenvalue weighted by Crippen LogP contribution is 2.27. The summed E-state index contributed by atoms with van der Waals surface area (Å²) in [6, 6.07) is 6.71. The number of hydrogen-bond donors (Lipinski definition) is 2. The number of piperidine rings is 1. The topological polar surface area (TPSA) is 41.1 Å². The zero-order valence-electron chi connectivity index (χ0n) is 10.5. The lowest BCUT2D eigenvalue weighted by atomic mass is 9.99. The Bertz CT molecular complexity index is 496. The molecule has 19 heavy (non-hydrogen) atoms. The second-order valence-corrected chi connectivity index (χ2v) is 6.69. The van der Waals surface area contributed by atoms with E-state index in [9.17, 15) is 4.79 Å². The largest absolute Gasteiger partial charge is 0.349 e. The van der Waals surface area contributed by atoms with E-state index in [-0.39, 0.29) is 11.9 Å². The van der Waals surface area contributed by atoms with Gasteiger partial charge in [-0.1, -0.05) is 11.6 Å². The summed E-state index contributed by atoms with van der Waals surface area (Å²) in [6.45, 7) is 0. The van der Waals surface area contributed by atoms with Crippen molar-refractivity contribution in [3.8, 4) is 0 Å². The normalized spacial score (nSPS) is 29.3. The highest BCUT2D eigenvalue weighted by atomic mass is 79.9. The standard InChI is InChI=1S/C14H16BrClN2O/c15-13-4-1-8(16)5-12(13)14(19)18-11-6-9-2-3-10(7-11)17-9/h1,4-5,9-11,17H,2-3,6-7H2,(H,18,19). The van der Waals surface area contributed by atoms with E-state index in [0.29, 0.717) is 22.7 Å². The first-order valence-corrected chi connectivity index (χ1v) is 7.81. The summed E-state index contributed by atoms with van der Waals surface area (Å²) in [6.07, 6.45) is 4.52. The van der Waals surface area contributed by atoms with Crippen molar-refractivity contribution in [2.45, 2.75) is 43.8 Å². The van der Waals surface area contributed by atoms with Crippen molar-refractivity contribution in [1.82, 2.24) is 10.6 Å². The van der Waals surface area contributed by atoms with E-state index in [1.54, 1.807) is 12.1 Å². The second-order valence-electron chi connectivity index (χ2n) is 5.40. The monoisotopic (exact) mass is 342 g/mol. The van der Waals surface area contributed by atoms with Crippen LogP contribution >= 0.6 is 27.5 Å². The number of halogens is 2. The zero-order valence-corrected chi connectivity index (χ0v) is 12.8. The number of benzene rings is 1. The molecule has 1 amide bonds. The van der Waals surface area contributed by atoms with Gasteiger partial charge >= 0.3 is 0 Å². The molecule has 2 aliphatic heterocycles. The Kier molecular flexibility index (Phi) is 3.83. The van der Waals surface area contributed by atoms with Crippen LogP contribution in [0.4, 0.5) is 0 Å². The van der Waals surface area contributed by atoms with Crippen LogP contribution in [-0.2, 0) is 0 Å². The molecule has 0 aliphatic carbocycles. The van der Waals surface area contributed by atoms with Gasteiger partial charge in [-0.3, -0.25) is 4.79 Å². The van der Waals surface area contributed by atoms with Gasteiger partial charge in [0, 0.05) is 27.6 Å². The van der Waals surface area contributed by atoms with Gasteiger partial charge < -0.3 is 10.6 Å². The number of nitrogens with one attached hydrogen (secondary N) is 2.